The van der Waals surface area contributed by atoms with Gasteiger partial charge in [0.15, 0.2) is 0 Å². The molecule has 0 aromatic carbocycles. The van der Waals surface area contributed by atoms with E-state index in [1.165, 1.54) is 6.26 Å². The van der Waals surface area contributed by atoms with Crippen molar-refractivity contribution >= 4 is 9.84 Å². The zero-order valence-electron chi connectivity index (χ0n) is 10.6. The molecular formula is C11H23NO4S. The summed E-state index contributed by atoms with van der Waals surface area (Å²) >= 11 is 0. The third-order valence-electron chi connectivity index (χ3n) is 3.25. The Balaban J connectivity index is 2.62. The Morgan fingerprint density at radius 1 is 1.41 bits per heavy atom. The van der Waals surface area contributed by atoms with E-state index in [9.17, 15) is 8.42 Å². The lowest BCUT2D eigenvalue weighted by atomic mass is 9.85. The molecule has 0 saturated carbocycles. The van der Waals surface area contributed by atoms with Crippen molar-refractivity contribution in [2.75, 3.05) is 31.8 Å². The first kappa shape index (κ1) is 14.9. The highest BCUT2D eigenvalue weighted by atomic mass is 32.2. The van der Waals surface area contributed by atoms with Crippen molar-refractivity contribution in [2.45, 2.75) is 37.8 Å². The van der Waals surface area contributed by atoms with E-state index in [1.54, 1.807) is 0 Å². The van der Waals surface area contributed by atoms with Crippen molar-refractivity contribution in [3.8, 4) is 0 Å². The zero-order valence-corrected chi connectivity index (χ0v) is 11.5. The first-order valence-electron chi connectivity index (χ1n) is 6.04. The summed E-state index contributed by atoms with van der Waals surface area (Å²) in [5.41, 5.74) is 5.73. The summed E-state index contributed by atoms with van der Waals surface area (Å²) in [6.07, 6.45) is 3.16. The largest absolute Gasteiger partial charge is 0.381 e. The van der Waals surface area contributed by atoms with Crippen molar-refractivity contribution in [1.29, 1.82) is 0 Å². The van der Waals surface area contributed by atoms with E-state index in [0.29, 0.717) is 26.2 Å². The molecule has 1 fully saturated rings. The molecule has 0 radical (unpaired) electrons. The van der Waals surface area contributed by atoms with E-state index in [1.807, 2.05) is 6.92 Å². The second-order valence-corrected chi connectivity index (χ2v) is 6.89. The van der Waals surface area contributed by atoms with Gasteiger partial charge < -0.3 is 15.2 Å². The number of hydrogen-bond acceptors (Lipinski definition) is 5. The van der Waals surface area contributed by atoms with Crippen molar-refractivity contribution in [1.82, 2.24) is 0 Å². The lowest BCUT2D eigenvalue weighted by molar-refractivity contribution is -0.120. The quantitative estimate of drug-likeness (QED) is 0.749. The van der Waals surface area contributed by atoms with Crippen LogP contribution in [0.15, 0.2) is 0 Å². The third kappa shape index (κ3) is 4.54. The average Bonchev–Trinajstić information content (AvgIpc) is 2.26. The van der Waals surface area contributed by atoms with Crippen LogP contribution in [0.3, 0.4) is 0 Å². The molecule has 1 saturated heterocycles. The molecule has 1 heterocycles. The van der Waals surface area contributed by atoms with Gasteiger partial charge in [-0.3, -0.25) is 0 Å². The second kappa shape index (κ2) is 6.13. The summed E-state index contributed by atoms with van der Waals surface area (Å²) in [6, 6.07) is -0.249. The Bertz CT molecular complexity index is 317. The molecule has 1 atom stereocenters. The van der Waals surface area contributed by atoms with E-state index >= 15 is 0 Å². The number of ether oxygens (including phenoxy) is 2. The van der Waals surface area contributed by atoms with Crippen LogP contribution in [-0.4, -0.2) is 51.9 Å². The van der Waals surface area contributed by atoms with Gasteiger partial charge in [-0.1, -0.05) is 0 Å². The Morgan fingerprint density at radius 2 is 2.00 bits per heavy atom. The number of sulfone groups is 1. The van der Waals surface area contributed by atoms with Crippen LogP contribution in [-0.2, 0) is 19.3 Å². The normalized spacial score (nSPS) is 22.3. The van der Waals surface area contributed by atoms with Gasteiger partial charge in [0, 0.05) is 45.0 Å². The fourth-order valence-corrected chi connectivity index (χ4v) is 2.91. The van der Waals surface area contributed by atoms with Crippen molar-refractivity contribution in [2.24, 2.45) is 5.73 Å². The molecule has 1 rings (SSSR count). The first-order valence-corrected chi connectivity index (χ1v) is 8.11. The Morgan fingerprint density at radius 3 is 2.47 bits per heavy atom. The molecule has 0 bridgehead atoms. The summed E-state index contributed by atoms with van der Waals surface area (Å²) in [4.78, 5) is 0. The van der Waals surface area contributed by atoms with Gasteiger partial charge in [-0.15, -0.1) is 0 Å². The van der Waals surface area contributed by atoms with Gasteiger partial charge in [0.1, 0.15) is 9.84 Å². The minimum absolute atomic E-state index is 0.115. The van der Waals surface area contributed by atoms with Crippen LogP contribution < -0.4 is 5.73 Å². The van der Waals surface area contributed by atoms with Crippen LogP contribution in [0.2, 0.25) is 0 Å². The fraction of sp³-hybridized carbons (Fsp3) is 1.00. The topological polar surface area (TPSA) is 78.6 Å². The maximum Gasteiger partial charge on any atom is 0.147 e. The lowest BCUT2D eigenvalue weighted by Crippen LogP contribution is -2.54. The highest BCUT2D eigenvalue weighted by Gasteiger charge is 2.39. The minimum atomic E-state index is -2.97. The van der Waals surface area contributed by atoms with Gasteiger partial charge in [0.2, 0.25) is 0 Å². The summed E-state index contributed by atoms with van der Waals surface area (Å²) in [5, 5.41) is 0. The summed E-state index contributed by atoms with van der Waals surface area (Å²) in [7, 11) is -2.97. The van der Waals surface area contributed by atoms with Crippen LogP contribution in [0.25, 0.3) is 0 Å². The number of nitrogens with two attached hydrogens (primary N) is 1. The zero-order chi connectivity index (χ0) is 12.9. The van der Waals surface area contributed by atoms with Crippen LogP contribution in [0.5, 0.6) is 0 Å². The fourth-order valence-electron chi connectivity index (χ4n) is 2.23. The average molecular weight is 265 g/mol. The molecule has 0 aromatic heterocycles. The number of rotatable bonds is 6. The molecule has 5 nitrogen and oxygen atoms in total. The van der Waals surface area contributed by atoms with E-state index < -0.39 is 15.4 Å². The van der Waals surface area contributed by atoms with Gasteiger partial charge in [-0.2, -0.15) is 0 Å². The molecule has 1 aliphatic heterocycles. The third-order valence-corrected chi connectivity index (χ3v) is 4.22. The van der Waals surface area contributed by atoms with Crippen molar-refractivity contribution in [3.63, 3.8) is 0 Å². The Hall–Kier alpha value is -0.170. The monoisotopic (exact) mass is 265 g/mol. The summed E-state index contributed by atoms with van der Waals surface area (Å²) in [5.74, 6) is 0.115. The van der Waals surface area contributed by atoms with Gasteiger partial charge in [0.05, 0.1) is 11.4 Å². The lowest BCUT2D eigenvalue weighted by Gasteiger charge is -2.41. The van der Waals surface area contributed by atoms with E-state index in [2.05, 4.69) is 0 Å². The smallest absolute Gasteiger partial charge is 0.147 e. The van der Waals surface area contributed by atoms with Crippen molar-refractivity contribution in [3.05, 3.63) is 0 Å². The van der Waals surface area contributed by atoms with Gasteiger partial charge in [0.25, 0.3) is 0 Å². The van der Waals surface area contributed by atoms with Gasteiger partial charge in [-0.05, 0) is 13.3 Å². The van der Waals surface area contributed by atoms with Crippen LogP contribution in [0, 0.1) is 0 Å². The molecule has 0 spiro atoms. The van der Waals surface area contributed by atoms with Crippen LogP contribution in [0.4, 0.5) is 0 Å². The van der Waals surface area contributed by atoms with E-state index in [0.717, 1.165) is 12.8 Å². The maximum atomic E-state index is 11.2. The Labute approximate surface area is 104 Å². The van der Waals surface area contributed by atoms with Gasteiger partial charge in [-0.25, -0.2) is 8.42 Å². The van der Waals surface area contributed by atoms with Crippen LogP contribution >= 0.6 is 0 Å². The highest BCUT2D eigenvalue weighted by molar-refractivity contribution is 7.90. The predicted molar refractivity (Wildman–Crippen MR) is 66.7 cm³/mol. The van der Waals surface area contributed by atoms with Gasteiger partial charge >= 0.3 is 0 Å². The maximum absolute atomic E-state index is 11.2. The minimum Gasteiger partial charge on any atom is -0.381 e. The standard InChI is InChI=1S/C11H23NO4S/c1-3-16-11(5-7-15-8-6-11)10(12)4-9-17(2,13)14/h10H,3-9,12H2,1-2H3. The number of hydrogen-bond donors (Lipinski definition) is 1. The Kier molecular flexibility index (Phi) is 5.37. The molecule has 0 aromatic rings. The molecule has 17 heavy (non-hydrogen) atoms. The molecule has 1 aliphatic rings. The molecular weight excluding hydrogens is 242 g/mol. The van der Waals surface area contributed by atoms with E-state index in [4.69, 9.17) is 15.2 Å². The molecule has 2 N–H and O–H groups in total. The van der Waals surface area contributed by atoms with Crippen LogP contribution in [0.1, 0.15) is 26.2 Å². The molecule has 6 heteroatoms. The SMILES string of the molecule is CCOC1(C(N)CCS(C)(=O)=O)CCOCC1. The second-order valence-electron chi connectivity index (χ2n) is 4.64. The highest BCUT2D eigenvalue weighted by Crippen LogP contribution is 2.29. The molecule has 1 unspecified atom stereocenters. The molecule has 102 valence electrons. The molecule has 0 aliphatic carbocycles. The first-order chi connectivity index (χ1) is 7.90. The molecule has 0 amide bonds. The van der Waals surface area contributed by atoms with E-state index in [-0.39, 0.29) is 11.8 Å². The summed E-state index contributed by atoms with van der Waals surface area (Å²) in [6.45, 7) is 3.78. The van der Waals surface area contributed by atoms with Crippen molar-refractivity contribution < 1.29 is 17.9 Å². The predicted octanol–water partition coefficient (Wildman–Crippen LogP) is 0.334. The summed E-state index contributed by atoms with van der Waals surface area (Å²) < 4.78 is 33.4.